The topological polar surface area (TPSA) is 38.5 Å². The van der Waals surface area contributed by atoms with E-state index in [1.54, 1.807) is 0 Å². The first-order valence-corrected chi connectivity index (χ1v) is 8.07. The molecule has 1 aromatic rings. The van der Waals surface area contributed by atoms with Crippen LogP contribution in [0.15, 0.2) is 18.2 Å². The van der Waals surface area contributed by atoms with Gasteiger partial charge in [0.1, 0.15) is 5.75 Å². The number of nitrogens with zero attached hydrogens (tertiary/aromatic N) is 1. The Morgan fingerprint density at radius 1 is 1.19 bits per heavy atom. The molecule has 2 rings (SSSR count). The molecule has 1 aliphatic rings. The highest BCUT2D eigenvalue weighted by atomic mass is 16.5. The molecule has 1 saturated carbocycles. The van der Waals surface area contributed by atoms with E-state index in [1.807, 2.05) is 26.0 Å². The minimum atomic E-state index is 0.167. The highest BCUT2D eigenvalue weighted by molar-refractivity contribution is 5.60. The monoisotopic (exact) mass is 290 g/mol. The molecule has 0 bridgehead atoms. The van der Waals surface area contributed by atoms with Crippen molar-refractivity contribution in [3.63, 3.8) is 0 Å². The summed E-state index contributed by atoms with van der Waals surface area (Å²) in [5.74, 6) is 0.864. The lowest BCUT2D eigenvalue weighted by atomic mass is 9.75. The molecule has 0 amide bonds. The largest absolute Gasteiger partial charge is 0.491 e. The number of anilines is 2. The van der Waals surface area contributed by atoms with E-state index in [1.165, 1.54) is 25.7 Å². The molecule has 0 radical (unpaired) electrons. The molecule has 1 aliphatic carbocycles. The zero-order valence-electron chi connectivity index (χ0n) is 14.1. The van der Waals surface area contributed by atoms with Crippen molar-refractivity contribution in [1.82, 2.24) is 0 Å². The third kappa shape index (κ3) is 4.29. The fourth-order valence-corrected chi connectivity index (χ4v) is 3.13. The van der Waals surface area contributed by atoms with Gasteiger partial charge in [-0.2, -0.15) is 0 Å². The van der Waals surface area contributed by atoms with E-state index in [0.29, 0.717) is 11.5 Å². The van der Waals surface area contributed by atoms with Crippen LogP contribution < -0.4 is 15.4 Å². The summed E-state index contributed by atoms with van der Waals surface area (Å²) in [7, 11) is 2.18. The summed E-state index contributed by atoms with van der Waals surface area (Å²) in [6.45, 7) is 8.82. The molecule has 1 fully saturated rings. The lowest BCUT2D eigenvalue weighted by Gasteiger charge is -2.39. The van der Waals surface area contributed by atoms with Crippen LogP contribution in [0.25, 0.3) is 0 Å². The maximum Gasteiger partial charge on any atom is 0.123 e. The van der Waals surface area contributed by atoms with Gasteiger partial charge in [0, 0.05) is 36.6 Å². The second-order valence-corrected chi connectivity index (χ2v) is 7.43. The number of nitrogen functional groups attached to an aromatic ring is 1. The summed E-state index contributed by atoms with van der Waals surface area (Å²) in [6, 6.07) is 6.66. The average Bonchev–Trinajstić information content (AvgIpc) is 2.36. The molecule has 1 aromatic carbocycles. The Morgan fingerprint density at radius 3 is 2.38 bits per heavy atom. The minimum absolute atomic E-state index is 0.167. The Bertz CT molecular complexity index is 472. The fraction of sp³-hybridized carbons (Fsp3) is 0.667. The number of nitrogens with two attached hydrogens (primary N) is 1. The van der Waals surface area contributed by atoms with E-state index in [4.69, 9.17) is 10.5 Å². The first-order chi connectivity index (χ1) is 9.77. The van der Waals surface area contributed by atoms with Crippen molar-refractivity contribution in [2.24, 2.45) is 5.41 Å². The number of hydrogen-bond acceptors (Lipinski definition) is 3. The lowest BCUT2D eigenvalue weighted by Crippen LogP contribution is -2.37. The van der Waals surface area contributed by atoms with Crippen LogP contribution in [-0.2, 0) is 0 Å². The van der Waals surface area contributed by atoms with Crippen LogP contribution in [-0.4, -0.2) is 19.2 Å². The summed E-state index contributed by atoms with van der Waals surface area (Å²) in [5, 5.41) is 0. The Labute approximate surface area is 129 Å². The molecule has 0 aliphatic heterocycles. The Balaban J connectivity index is 2.12. The first-order valence-electron chi connectivity index (χ1n) is 8.07. The van der Waals surface area contributed by atoms with Crippen molar-refractivity contribution in [2.45, 2.75) is 65.5 Å². The Morgan fingerprint density at radius 2 is 1.81 bits per heavy atom. The maximum atomic E-state index is 6.04. The van der Waals surface area contributed by atoms with Gasteiger partial charge in [-0.05, 0) is 51.0 Å². The summed E-state index contributed by atoms with van der Waals surface area (Å²) >= 11 is 0. The van der Waals surface area contributed by atoms with E-state index in [0.717, 1.165) is 17.1 Å². The molecule has 2 N–H and O–H groups in total. The molecule has 0 spiro atoms. The quantitative estimate of drug-likeness (QED) is 0.832. The molecular formula is C18H30N2O. The van der Waals surface area contributed by atoms with E-state index < -0.39 is 0 Å². The maximum absolute atomic E-state index is 6.04. The second kappa shape index (κ2) is 6.17. The van der Waals surface area contributed by atoms with Gasteiger partial charge in [-0.25, -0.2) is 0 Å². The van der Waals surface area contributed by atoms with E-state index in [9.17, 15) is 0 Å². The van der Waals surface area contributed by atoms with Crippen molar-refractivity contribution in [1.29, 1.82) is 0 Å². The summed E-state index contributed by atoms with van der Waals surface area (Å²) < 4.78 is 5.80. The van der Waals surface area contributed by atoms with Crippen LogP contribution >= 0.6 is 0 Å². The lowest BCUT2D eigenvalue weighted by molar-refractivity contribution is 0.222. The van der Waals surface area contributed by atoms with Gasteiger partial charge in [-0.3, -0.25) is 0 Å². The molecule has 3 heteroatoms. The van der Waals surface area contributed by atoms with Gasteiger partial charge in [-0.1, -0.05) is 13.8 Å². The Kier molecular flexibility index (Phi) is 4.70. The molecular weight excluding hydrogens is 260 g/mol. The van der Waals surface area contributed by atoms with E-state index >= 15 is 0 Å². The van der Waals surface area contributed by atoms with Crippen LogP contribution in [0.1, 0.15) is 53.4 Å². The van der Waals surface area contributed by atoms with Crippen LogP contribution in [0, 0.1) is 5.41 Å². The SMILES string of the molecule is CC(C)Oc1cc(N)cc(N(C)C2CCC(C)(C)CC2)c1. The van der Waals surface area contributed by atoms with Crippen molar-refractivity contribution >= 4 is 11.4 Å². The van der Waals surface area contributed by atoms with Gasteiger partial charge in [0.15, 0.2) is 0 Å². The number of hydrogen-bond donors (Lipinski definition) is 1. The van der Waals surface area contributed by atoms with Crippen molar-refractivity contribution < 1.29 is 4.74 Å². The molecule has 118 valence electrons. The average molecular weight is 290 g/mol. The molecule has 0 atom stereocenters. The van der Waals surface area contributed by atoms with Crippen LogP contribution in [0.2, 0.25) is 0 Å². The predicted molar refractivity (Wildman–Crippen MR) is 91.1 cm³/mol. The first kappa shape index (κ1) is 16.0. The van der Waals surface area contributed by atoms with Gasteiger partial charge >= 0.3 is 0 Å². The van der Waals surface area contributed by atoms with Crippen LogP contribution in [0.4, 0.5) is 11.4 Å². The number of benzene rings is 1. The van der Waals surface area contributed by atoms with E-state index in [2.05, 4.69) is 31.9 Å². The van der Waals surface area contributed by atoms with Gasteiger partial charge in [-0.15, -0.1) is 0 Å². The van der Waals surface area contributed by atoms with Gasteiger partial charge in [0.2, 0.25) is 0 Å². The third-order valence-corrected chi connectivity index (χ3v) is 4.55. The second-order valence-electron chi connectivity index (χ2n) is 7.43. The highest BCUT2D eigenvalue weighted by Gasteiger charge is 2.29. The molecule has 21 heavy (non-hydrogen) atoms. The molecule has 0 saturated heterocycles. The Hall–Kier alpha value is -1.38. The highest BCUT2D eigenvalue weighted by Crippen LogP contribution is 2.38. The van der Waals surface area contributed by atoms with Gasteiger partial charge < -0.3 is 15.4 Å². The van der Waals surface area contributed by atoms with Crippen LogP contribution in [0.5, 0.6) is 5.75 Å². The zero-order valence-corrected chi connectivity index (χ0v) is 14.1. The normalized spacial score (nSPS) is 18.8. The summed E-state index contributed by atoms with van der Waals surface area (Å²) in [5.41, 5.74) is 8.47. The van der Waals surface area contributed by atoms with Crippen LogP contribution in [0.3, 0.4) is 0 Å². The fourth-order valence-electron chi connectivity index (χ4n) is 3.13. The summed E-state index contributed by atoms with van der Waals surface area (Å²) in [4.78, 5) is 2.37. The number of rotatable bonds is 4. The van der Waals surface area contributed by atoms with Crippen molar-refractivity contribution in [2.75, 3.05) is 17.7 Å². The molecule has 0 unspecified atom stereocenters. The molecule has 0 aromatic heterocycles. The van der Waals surface area contributed by atoms with Crippen molar-refractivity contribution in [3.8, 4) is 5.75 Å². The third-order valence-electron chi connectivity index (χ3n) is 4.55. The van der Waals surface area contributed by atoms with Crippen molar-refractivity contribution in [3.05, 3.63) is 18.2 Å². The van der Waals surface area contributed by atoms with E-state index in [-0.39, 0.29) is 6.10 Å². The number of ether oxygens (including phenoxy) is 1. The standard InChI is InChI=1S/C18H30N2O/c1-13(2)21-17-11-14(19)10-16(12-17)20(5)15-6-8-18(3,4)9-7-15/h10-13,15H,6-9,19H2,1-5H3. The summed E-state index contributed by atoms with van der Waals surface area (Å²) in [6.07, 6.45) is 5.25. The smallest absolute Gasteiger partial charge is 0.123 e. The molecule has 0 heterocycles. The van der Waals surface area contributed by atoms with Gasteiger partial charge in [0.05, 0.1) is 6.10 Å². The predicted octanol–water partition coefficient (Wildman–Crippen LogP) is 4.46. The molecule has 3 nitrogen and oxygen atoms in total. The van der Waals surface area contributed by atoms with Gasteiger partial charge in [0.25, 0.3) is 0 Å². The zero-order chi connectivity index (χ0) is 15.6. The minimum Gasteiger partial charge on any atom is -0.491 e.